The quantitative estimate of drug-likeness (QED) is 0.859. The number of benzene rings is 1. The molecule has 14 heavy (non-hydrogen) atoms. The van der Waals surface area contributed by atoms with Crippen molar-refractivity contribution in [3.63, 3.8) is 0 Å². The minimum Gasteiger partial charge on any atom is -0.476 e. The van der Waals surface area contributed by atoms with E-state index in [1.54, 1.807) is 18.2 Å². The van der Waals surface area contributed by atoms with E-state index in [0.717, 1.165) is 0 Å². The third-order valence-electron chi connectivity index (χ3n) is 1.67. The molecule has 5 heteroatoms. The first-order chi connectivity index (χ1) is 6.27. The van der Waals surface area contributed by atoms with Crippen molar-refractivity contribution in [2.45, 2.75) is 0 Å². The van der Waals surface area contributed by atoms with E-state index in [0.29, 0.717) is 11.0 Å². The summed E-state index contributed by atoms with van der Waals surface area (Å²) in [6.07, 6.45) is 1.25. The number of hydrogen-bond acceptors (Lipinski definition) is 3. The molecular formula is C9H6EuN2O2. The van der Waals surface area contributed by atoms with Crippen LogP contribution >= 0.6 is 0 Å². The Balaban J connectivity index is 0.000000980. The maximum absolute atomic E-state index is 10.5. The minimum absolute atomic E-state index is 0. The molecule has 1 N–H and O–H groups in total. The van der Waals surface area contributed by atoms with Gasteiger partial charge in [0.1, 0.15) is 0 Å². The van der Waals surface area contributed by atoms with Crippen molar-refractivity contribution in [2.75, 3.05) is 0 Å². The summed E-state index contributed by atoms with van der Waals surface area (Å²) in [5, 5.41) is 8.64. The van der Waals surface area contributed by atoms with Crippen molar-refractivity contribution in [3.8, 4) is 0 Å². The molecule has 1 aromatic heterocycles. The van der Waals surface area contributed by atoms with Crippen LogP contribution in [0.15, 0.2) is 30.5 Å². The topological polar surface area (TPSA) is 63.1 Å². The van der Waals surface area contributed by atoms with Crippen molar-refractivity contribution >= 4 is 17.0 Å². The van der Waals surface area contributed by atoms with Crippen molar-refractivity contribution < 1.29 is 59.3 Å². The zero-order valence-corrected chi connectivity index (χ0v) is 9.44. The molecule has 2 rings (SSSR count). The monoisotopic (exact) mass is 327 g/mol. The second-order valence-electron chi connectivity index (χ2n) is 2.55. The zero-order valence-electron chi connectivity index (χ0n) is 7.01. The Labute approximate surface area is 121 Å². The van der Waals surface area contributed by atoms with E-state index in [1.165, 1.54) is 6.20 Å². The van der Waals surface area contributed by atoms with Gasteiger partial charge >= 0.3 is 5.97 Å². The zero-order chi connectivity index (χ0) is 9.26. The predicted octanol–water partition coefficient (Wildman–Crippen LogP) is 1.33. The Kier molecular flexibility index (Phi) is 4.10. The Hall–Kier alpha value is -0.386. The van der Waals surface area contributed by atoms with Gasteiger partial charge in [-0.25, -0.2) is 9.78 Å². The van der Waals surface area contributed by atoms with Crippen molar-refractivity contribution in [3.05, 3.63) is 36.2 Å². The standard InChI is InChI=1S/C9H6N2O2.Eu/c12-9(13)8-5-10-6-3-1-2-4-7(6)11-8;/h1-5H,(H,12,13);. The molecule has 0 fully saturated rings. The number of carboxylic acid groups (broad SMARTS) is 1. The summed E-state index contributed by atoms with van der Waals surface area (Å²) in [4.78, 5) is 18.4. The van der Waals surface area contributed by atoms with Crippen LogP contribution in [0.4, 0.5) is 0 Å². The van der Waals surface area contributed by atoms with E-state index in [1.807, 2.05) is 6.07 Å². The van der Waals surface area contributed by atoms with Crippen LogP contribution < -0.4 is 0 Å². The summed E-state index contributed by atoms with van der Waals surface area (Å²) in [5.41, 5.74) is 1.27. The number of fused-ring (bicyclic) bond motifs is 1. The first-order valence-electron chi connectivity index (χ1n) is 3.72. The molecule has 0 aliphatic heterocycles. The van der Waals surface area contributed by atoms with E-state index in [9.17, 15) is 4.79 Å². The fourth-order valence-corrected chi connectivity index (χ4v) is 1.06. The number of rotatable bonds is 1. The third kappa shape index (κ3) is 2.35. The molecule has 0 atom stereocenters. The van der Waals surface area contributed by atoms with Crippen LogP contribution in [-0.2, 0) is 0 Å². The van der Waals surface area contributed by atoms with E-state index in [4.69, 9.17) is 5.11 Å². The predicted molar refractivity (Wildman–Crippen MR) is 46.5 cm³/mol. The Morgan fingerprint density at radius 3 is 2.50 bits per heavy atom. The number of para-hydroxylation sites is 2. The summed E-state index contributed by atoms with van der Waals surface area (Å²) in [7, 11) is 0. The van der Waals surface area contributed by atoms with Crippen LogP contribution in [0.5, 0.6) is 0 Å². The molecule has 0 aliphatic rings. The first-order valence-corrected chi connectivity index (χ1v) is 3.72. The van der Waals surface area contributed by atoms with Crippen molar-refractivity contribution in [1.82, 2.24) is 9.97 Å². The van der Waals surface area contributed by atoms with E-state index in [2.05, 4.69) is 9.97 Å². The number of aromatic carboxylic acids is 1. The normalized spacial score (nSPS) is 9.43. The average molecular weight is 326 g/mol. The summed E-state index contributed by atoms with van der Waals surface area (Å²) in [6, 6.07) is 7.14. The third-order valence-corrected chi connectivity index (χ3v) is 1.67. The molecule has 4 nitrogen and oxygen atoms in total. The number of carbonyl (C=O) groups is 1. The second-order valence-corrected chi connectivity index (χ2v) is 2.55. The maximum atomic E-state index is 10.5. The molecule has 0 bridgehead atoms. The van der Waals surface area contributed by atoms with Gasteiger partial charge in [-0.15, -0.1) is 0 Å². The summed E-state index contributed by atoms with van der Waals surface area (Å²) in [5.74, 6) is -1.06. The summed E-state index contributed by atoms with van der Waals surface area (Å²) < 4.78 is 0. The largest absolute Gasteiger partial charge is 0.476 e. The molecule has 71 valence electrons. The number of hydrogen-bond donors (Lipinski definition) is 1. The van der Waals surface area contributed by atoms with E-state index < -0.39 is 5.97 Å². The van der Waals surface area contributed by atoms with Crippen LogP contribution in [0, 0.1) is 49.4 Å². The van der Waals surface area contributed by atoms with Gasteiger partial charge in [0.05, 0.1) is 17.2 Å². The van der Waals surface area contributed by atoms with Crippen molar-refractivity contribution in [1.29, 1.82) is 0 Å². The van der Waals surface area contributed by atoms with E-state index >= 15 is 0 Å². The van der Waals surface area contributed by atoms with Crippen LogP contribution in [0.2, 0.25) is 0 Å². The second kappa shape index (κ2) is 4.91. The van der Waals surface area contributed by atoms with Gasteiger partial charge in [0.25, 0.3) is 0 Å². The Bertz CT molecular complexity index is 473. The molecule has 0 unspecified atom stereocenters. The number of nitrogens with zero attached hydrogens (tertiary/aromatic N) is 2. The van der Waals surface area contributed by atoms with Gasteiger partial charge < -0.3 is 5.11 Å². The first kappa shape index (κ1) is 11.7. The van der Waals surface area contributed by atoms with Crippen LogP contribution in [-0.4, -0.2) is 21.0 Å². The van der Waals surface area contributed by atoms with Gasteiger partial charge in [0, 0.05) is 49.4 Å². The fourth-order valence-electron chi connectivity index (χ4n) is 1.06. The Morgan fingerprint density at radius 2 is 1.86 bits per heavy atom. The SMILES string of the molecule is O=C(O)c1cnc2ccccc2n1.[Eu]. The Morgan fingerprint density at radius 1 is 1.21 bits per heavy atom. The molecule has 0 saturated carbocycles. The molecule has 1 radical (unpaired) electrons. The van der Waals surface area contributed by atoms with Crippen LogP contribution in [0.3, 0.4) is 0 Å². The van der Waals surface area contributed by atoms with Gasteiger partial charge in [0.15, 0.2) is 5.69 Å². The minimum atomic E-state index is -1.06. The molecule has 0 spiro atoms. The number of aromatic nitrogens is 2. The van der Waals surface area contributed by atoms with Gasteiger partial charge in [0.2, 0.25) is 0 Å². The van der Waals surface area contributed by atoms with Crippen molar-refractivity contribution in [2.24, 2.45) is 0 Å². The van der Waals surface area contributed by atoms with Gasteiger partial charge in [-0.05, 0) is 12.1 Å². The van der Waals surface area contributed by atoms with E-state index in [-0.39, 0.29) is 55.1 Å². The molecule has 0 amide bonds. The molecule has 2 aromatic rings. The molecular weight excluding hydrogens is 320 g/mol. The molecule has 1 heterocycles. The van der Waals surface area contributed by atoms with Gasteiger partial charge in [-0.1, -0.05) is 12.1 Å². The number of carboxylic acids is 1. The maximum Gasteiger partial charge on any atom is 0.356 e. The summed E-state index contributed by atoms with van der Waals surface area (Å²) >= 11 is 0. The molecule has 0 aliphatic carbocycles. The molecule has 0 saturated heterocycles. The summed E-state index contributed by atoms with van der Waals surface area (Å²) in [6.45, 7) is 0. The van der Waals surface area contributed by atoms with Crippen LogP contribution in [0.1, 0.15) is 10.5 Å². The molecule has 1 aromatic carbocycles. The van der Waals surface area contributed by atoms with Gasteiger partial charge in [-0.2, -0.15) is 0 Å². The fraction of sp³-hybridized carbons (Fsp3) is 0. The van der Waals surface area contributed by atoms with Crippen LogP contribution in [0.25, 0.3) is 11.0 Å². The van der Waals surface area contributed by atoms with Gasteiger partial charge in [-0.3, -0.25) is 4.98 Å². The average Bonchev–Trinajstić information content (AvgIpc) is 2.17. The smallest absolute Gasteiger partial charge is 0.356 e.